The molecule has 1 aromatic carbocycles. The molecule has 1 aliphatic carbocycles. The monoisotopic (exact) mass is 282 g/mol. The van der Waals surface area contributed by atoms with Crippen molar-refractivity contribution in [3.8, 4) is 5.75 Å². The standard InChI is InChI=1S/C14H19FN2O3/c1-3-20-12-7-11(16)13(12)17-14(18)9-5-4-8(19-2)6-10(9)15/h4-6,11-13H,3,7,16H2,1-2H3,(H,17,18). The lowest BCUT2D eigenvalue weighted by Gasteiger charge is -2.42. The van der Waals surface area contributed by atoms with E-state index in [9.17, 15) is 9.18 Å². The Bertz CT molecular complexity index is 493. The minimum absolute atomic E-state index is 0.0276. The van der Waals surface area contributed by atoms with Crippen LogP contribution in [0.5, 0.6) is 5.75 Å². The third kappa shape index (κ3) is 2.91. The Morgan fingerprint density at radius 2 is 2.30 bits per heavy atom. The van der Waals surface area contributed by atoms with Gasteiger partial charge in [0.1, 0.15) is 11.6 Å². The average Bonchev–Trinajstić information content (AvgIpc) is 2.44. The molecule has 0 radical (unpaired) electrons. The molecule has 1 amide bonds. The molecule has 0 spiro atoms. The van der Waals surface area contributed by atoms with Crippen LogP contribution in [-0.4, -0.2) is 37.8 Å². The molecule has 1 fully saturated rings. The number of rotatable bonds is 5. The Hall–Kier alpha value is -1.66. The largest absolute Gasteiger partial charge is 0.497 e. The van der Waals surface area contributed by atoms with Crippen LogP contribution in [0.2, 0.25) is 0 Å². The van der Waals surface area contributed by atoms with Gasteiger partial charge in [-0.05, 0) is 25.5 Å². The third-order valence-corrected chi connectivity index (χ3v) is 3.47. The van der Waals surface area contributed by atoms with Gasteiger partial charge in [-0.2, -0.15) is 0 Å². The highest BCUT2D eigenvalue weighted by atomic mass is 19.1. The minimum Gasteiger partial charge on any atom is -0.497 e. The number of methoxy groups -OCH3 is 1. The summed E-state index contributed by atoms with van der Waals surface area (Å²) in [4.78, 5) is 12.1. The first kappa shape index (κ1) is 14.7. The first-order chi connectivity index (χ1) is 9.56. The van der Waals surface area contributed by atoms with Gasteiger partial charge in [0.05, 0.1) is 24.8 Å². The summed E-state index contributed by atoms with van der Waals surface area (Å²) >= 11 is 0. The first-order valence-corrected chi connectivity index (χ1v) is 6.58. The fraction of sp³-hybridized carbons (Fsp3) is 0.500. The summed E-state index contributed by atoms with van der Waals surface area (Å²) in [6, 6.07) is 3.68. The van der Waals surface area contributed by atoms with Crippen LogP contribution in [-0.2, 0) is 4.74 Å². The maximum absolute atomic E-state index is 13.8. The van der Waals surface area contributed by atoms with Crippen LogP contribution >= 0.6 is 0 Å². The van der Waals surface area contributed by atoms with E-state index in [4.69, 9.17) is 15.2 Å². The van der Waals surface area contributed by atoms with E-state index in [-0.39, 0.29) is 23.8 Å². The van der Waals surface area contributed by atoms with Crippen molar-refractivity contribution in [2.24, 2.45) is 5.73 Å². The number of hydrogen-bond donors (Lipinski definition) is 2. The lowest BCUT2D eigenvalue weighted by atomic mass is 9.83. The molecule has 5 nitrogen and oxygen atoms in total. The molecule has 2 rings (SSSR count). The molecule has 0 bridgehead atoms. The van der Waals surface area contributed by atoms with E-state index in [1.165, 1.54) is 19.2 Å². The fourth-order valence-electron chi connectivity index (χ4n) is 2.26. The maximum atomic E-state index is 13.8. The van der Waals surface area contributed by atoms with Crippen molar-refractivity contribution in [3.05, 3.63) is 29.6 Å². The number of hydrogen-bond acceptors (Lipinski definition) is 4. The number of halogens is 1. The van der Waals surface area contributed by atoms with Gasteiger partial charge in [0.2, 0.25) is 0 Å². The number of benzene rings is 1. The molecule has 0 saturated heterocycles. The number of nitrogens with two attached hydrogens (primary N) is 1. The molecule has 6 heteroatoms. The second-order valence-corrected chi connectivity index (χ2v) is 4.74. The Labute approximate surface area is 117 Å². The molecular formula is C14H19FN2O3. The van der Waals surface area contributed by atoms with Crippen LogP contribution in [0, 0.1) is 5.82 Å². The molecule has 1 saturated carbocycles. The second-order valence-electron chi connectivity index (χ2n) is 4.74. The highest BCUT2D eigenvalue weighted by molar-refractivity contribution is 5.95. The van der Waals surface area contributed by atoms with Gasteiger partial charge in [-0.1, -0.05) is 0 Å². The van der Waals surface area contributed by atoms with Gasteiger partial charge < -0.3 is 20.5 Å². The molecule has 110 valence electrons. The second kappa shape index (κ2) is 6.19. The summed E-state index contributed by atoms with van der Waals surface area (Å²) in [7, 11) is 1.44. The molecule has 0 heterocycles. The molecule has 1 aliphatic rings. The molecule has 1 aromatic rings. The normalized spacial score (nSPS) is 24.9. The quantitative estimate of drug-likeness (QED) is 0.847. The summed E-state index contributed by atoms with van der Waals surface area (Å²) < 4.78 is 24.2. The van der Waals surface area contributed by atoms with Gasteiger partial charge >= 0.3 is 0 Å². The Balaban J connectivity index is 2.04. The van der Waals surface area contributed by atoms with E-state index < -0.39 is 11.7 Å². The third-order valence-electron chi connectivity index (χ3n) is 3.47. The van der Waals surface area contributed by atoms with E-state index in [2.05, 4.69) is 5.32 Å². The predicted molar refractivity (Wildman–Crippen MR) is 72.2 cm³/mol. The van der Waals surface area contributed by atoms with Crippen molar-refractivity contribution in [2.75, 3.05) is 13.7 Å². The number of nitrogens with one attached hydrogen (secondary N) is 1. The van der Waals surface area contributed by atoms with Gasteiger partial charge in [0, 0.05) is 18.7 Å². The summed E-state index contributed by atoms with van der Waals surface area (Å²) in [6.07, 6.45) is 0.601. The van der Waals surface area contributed by atoms with Crippen LogP contribution < -0.4 is 15.8 Å². The Kier molecular flexibility index (Phi) is 4.57. The summed E-state index contributed by atoms with van der Waals surface area (Å²) in [5, 5.41) is 2.73. The zero-order valence-electron chi connectivity index (χ0n) is 11.6. The highest BCUT2D eigenvalue weighted by Gasteiger charge is 2.40. The number of carbonyl (C=O) groups is 1. The van der Waals surface area contributed by atoms with Crippen molar-refractivity contribution < 1.29 is 18.7 Å². The van der Waals surface area contributed by atoms with Crippen molar-refractivity contribution >= 4 is 5.91 Å². The maximum Gasteiger partial charge on any atom is 0.254 e. The molecule has 0 aromatic heterocycles. The number of ether oxygens (including phenoxy) is 2. The van der Waals surface area contributed by atoms with Gasteiger partial charge in [0.25, 0.3) is 5.91 Å². The van der Waals surface area contributed by atoms with Crippen molar-refractivity contribution in [1.82, 2.24) is 5.32 Å². The van der Waals surface area contributed by atoms with Crippen LogP contribution in [0.4, 0.5) is 4.39 Å². The van der Waals surface area contributed by atoms with Crippen LogP contribution in [0.15, 0.2) is 18.2 Å². The lowest BCUT2D eigenvalue weighted by molar-refractivity contribution is -0.0300. The average molecular weight is 282 g/mol. The van der Waals surface area contributed by atoms with Crippen LogP contribution in [0.3, 0.4) is 0 Å². The van der Waals surface area contributed by atoms with Gasteiger partial charge in [-0.25, -0.2) is 4.39 Å². The van der Waals surface area contributed by atoms with Crippen LogP contribution in [0.25, 0.3) is 0 Å². The highest BCUT2D eigenvalue weighted by Crippen LogP contribution is 2.23. The topological polar surface area (TPSA) is 73.6 Å². The molecule has 3 unspecified atom stereocenters. The van der Waals surface area contributed by atoms with Gasteiger partial charge in [-0.15, -0.1) is 0 Å². The summed E-state index contributed by atoms with van der Waals surface area (Å²) in [5.74, 6) is -0.746. The summed E-state index contributed by atoms with van der Waals surface area (Å²) in [5.41, 5.74) is 5.82. The lowest BCUT2D eigenvalue weighted by Crippen LogP contribution is -2.64. The first-order valence-electron chi connectivity index (χ1n) is 6.58. The van der Waals surface area contributed by atoms with E-state index in [1.54, 1.807) is 6.07 Å². The molecule has 3 N–H and O–H groups in total. The Morgan fingerprint density at radius 3 is 2.85 bits per heavy atom. The van der Waals surface area contributed by atoms with Crippen molar-refractivity contribution in [1.29, 1.82) is 0 Å². The Morgan fingerprint density at radius 1 is 1.55 bits per heavy atom. The van der Waals surface area contributed by atoms with Crippen molar-refractivity contribution in [3.63, 3.8) is 0 Å². The number of carbonyl (C=O) groups excluding carboxylic acids is 1. The SMILES string of the molecule is CCOC1CC(N)C1NC(=O)c1ccc(OC)cc1F. The minimum atomic E-state index is -0.622. The number of amides is 1. The van der Waals surface area contributed by atoms with Crippen molar-refractivity contribution in [2.45, 2.75) is 31.5 Å². The fourth-order valence-corrected chi connectivity index (χ4v) is 2.26. The van der Waals surface area contributed by atoms with E-state index in [0.29, 0.717) is 18.8 Å². The van der Waals surface area contributed by atoms with E-state index in [0.717, 1.165) is 0 Å². The van der Waals surface area contributed by atoms with Gasteiger partial charge in [0.15, 0.2) is 0 Å². The molecule has 20 heavy (non-hydrogen) atoms. The molecular weight excluding hydrogens is 263 g/mol. The zero-order chi connectivity index (χ0) is 14.7. The predicted octanol–water partition coefficient (Wildman–Crippen LogP) is 1.07. The van der Waals surface area contributed by atoms with Crippen LogP contribution in [0.1, 0.15) is 23.7 Å². The molecule has 0 aliphatic heterocycles. The molecule has 3 atom stereocenters. The summed E-state index contributed by atoms with van der Waals surface area (Å²) in [6.45, 7) is 2.44. The van der Waals surface area contributed by atoms with E-state index in [1.807, 2.05) is 6.92 Å². The zero-order valence-corrected chi connectivity index (χ0v) is 11.6. The van der Waals surface area contributed by atoms with E-state index >= 15 is 0 Å². The smallest absolute Gasteiger partial charge is 0.254 e. The van der Waals surface area contributed by atoms with Gasteiger partial charge in [-0.3, -0.25) is 4.79 Å².